The monoisotopic (exact) mass is 267 g/mol. The molecule has 0 saturated carbocycles. The number of amides is 1. The Balaban J connectivity index is 2.78. The van der Waals surface area contributed by atoms with Gasteiger partial charge in [0, 0.05) is 5.56 Å². The summed E-state index contributed by atoms with van der Waals surface area (Å²) in [5.74, 6) is -1.96. The van der Waals surface area contributed by atoms with E-state index < -0.39 is 23.7 Å². The lowest BCUT2D eigenvalue weighted by molar-refractivity contribution is -0.139. The van der Waals surface area contributed by atoms with Gasteiger partial charge >= 0.3 is 5.97 Å². The van der Waals surface area contributed by atoms with Gasteiger partial charge in [-0.25, -0.2) is 9.18 Å². The summed E-state index contributed by atoms with van der Waals surface area (Å²) in [6.45, 7) is 3.56. The molecule has 1 aromatic rings. The third-order valence-electron chi connectivity index (χ3n) is 2.88. The maximum Gasteiger partial charge on any atom is 0.326 e. The molecule has 0 spiro atoms. The number of hydrogen-bond acceptors (Lipinski definition) is 2. The van der Waals surface area contributed by atoms with Gasteiger partial charge in [-0.3, -0.25) is 4.79 Å². The van der Waals surface area contributed by atoms with Gasteiger partial charge in [0.1, 0.15) is 11.9 Å². The van der Waals surface area contributed by atoms with Crippen molar-refractivity contribution in [3.63, 3.8) is 0 Å². The van der Waals surface area contributed by atoms with Crippen LogP contribution < -0.4 is 5.32 Å². The molecule has 2 N–H and O–H groups in total. The fourth-order valence-corrected chi connectivity index (χ4v) is 1.78. The maximum atomic E-state index is 12.9. The Morgan fingerprint density at radius 3 is 2.63 bits per heavy atom. The van der Waals surface area contributed by atoms with Gasteiger partial charge in [-0.15, -0.1) is 0 Å². The number of benzene rings is 1. The standard InChI is InChI=1S/C14H18FNO3/c1-3-4-5-12(14(18)19)16-13(17)11-7-6-10(15)8-9(11)2/h6-8,12H,3-5H2,1-2H3,(H,16,17)(H,18,19)/t12-/m0/s1. The van der Waals surface area contributed by atoms with Gasteiger partial charge in [0.25, 0.3) is 5.91 Å². The van der Waals surface area contributed by atoms with Crippen molar-refractivity contribution in [3.8, 4) is 0 Å². The molecule has 1 amide bonds. The average molecular weight is 267 g/mol. The maximum absolute atomic E-state index is 12.9. The Morgan fingerprint density at radius 2 is 2.11 bits per heavy atom. The number of aryl methyl sites for hydroxylation is 1. The quantitative estimate of drug-likeness (QED) is 0.832. The van der Waals surface area contributed by atoms with E-state index in [1.165, 1.54) is 18.2 Å². The van der Waals surface area contributed by atoms with Crippen LogP contribution in [0.3, 0.4) is 0 Å². The number of nitrogens with one attached hydrogen (secondary N) is 1. The molecule has 5 heteroatoms. The molecule has 19 heavy (non-hydrogen) atoms. The molecule has 0 radical (unpaired) electrons. The number of unbranched alkanes of at least 4 members (excludes halogenated alkanes) is 1. The molecule has 0 aliphatic heterocycles. The largest absolute Gasteiger partial charge is 0.480 e. The Bertz CT molecular complexity index is 474. The summed E-state index contributed by atoms with van der Waals surface area (Å²) in [4.78, 5) is 23.0. The van der Waals surface area contributed by atoms with Crippen LogP contribution in [0.5, 0.6) is 0 Å². The molecule has 0 saturated heterocycles. The van der Waals surface area contributed by atoms with E-state index in [2.05, 4.69) is 5.32 Å². The van der Waals surface area contributed by atoms with Crippen LogP contribution in [0.25, 0.3) is 0 Å². The third kappa shape index (κ3) is 4.35. The van der Waals surface area contributed by atoms with Crippen LogP contribution in [0, 0.1) is 12.7 Å². The van der Waals surface area contributed by atoms with Crippen LogP contribution in [0.15, 0.2) is 18.2 Å². The van der Waals surface area contributed by atoms with Crippen molar-refractivity contribution < 1.29 is 19.1 Å². The van der Waals surface area contributed by atoms with Crippen LogP contribution in [0.4, 0.5) is 4.39 Å². The number of aliphatic carboxylic acids is 1. The van der Waals surface area contributed by atoms with Crippen molar-refractivity contribution in [1.82, 2.24) is 5.32 Å². The molecule has 104 valence electrons. The van der Waals surface area contributed by atoms with Gasteiger partial charge in [-0.1, -0.05) is 19.8 Å². The molecular weight excluding hydrogens is 249 g/mol. The van der Waals surface area contributed by atoms with E-state index in [1.54, 1.807) is 6.92 Å². The third-order valence-corrected chi connectivity index (χ3v) is 2.88. The lowest BCUT2D eigenvalue weighted by Gasteiger charge is -2.15. The number of halogens is 1. The molecule has 1 rings (SSSR count). The fraction of sp³-hybridized carbons (Fsp3) is 0.429. The van der Waals surface area contributed by atoms with Gasteiger partial charge < -0.3 is 10.4 Å². The highest BCUT2D eigenvalue weighted by molar-refractivity contribution is 5.97. The van der Waals surface area contributed by atoms with Crippen molar-refractivity contribution in [2.45, 2.75) is 39.2 Å². The molecule has 0 aliphatic carbocycles. The number of carbonyl (C=O) groups is 2. The first-order chi connectivity index (χ1) is 8.95. The molecule has 1 aromatic carbocycles. The summed E-state index contributed by atoms with van der Waals surface area (Å²) < 4.78 is 12.9. The van der Waals surface area contributed by atoms with Crippen molar-refractivity contribution in [1.29, 1.82) is 0 Å². The predicted octanol–water partition coefficient (Wildman–Crippen LogP) is 2.51. The van der Waals surface area contributed by atoms with E-state index in [-0.39, 0.29) is 0 Å². The van der Waals surface area contributed by atoms with Crippen LogP contribution in [0.1, 0.15) is 42.1 Å². The minimum atomic E-state index is -1.05. The molecule has 0 aliphatic rings. The molecular formula is C14H18FNO3. The molecule has 0 unspecified atom stereocenters. The summed E-state index contributed by atoms with van der Waals surface area (Å²) in [7, 11) is 0. The minimum Gasteiger partial charge on any atom is -0.480 e. The lowest BCUT2D eigenvalue weighted by Crippen LogP contribution is -2.41. The second-order valence-corrected chi connectivity index (χ2v) is 4.47. The molecule has 0 fully saturated rings. The molecule has 0 aromatic heterocycles. The second-order valence-electron chi connectivity index (χ2n) is 4.47. The van der Waals surface area contributed by atoms with E-state index in [9.17, 15) is 14.0 Å². The van der Waals surface area contributed by atoms with Crippen LogP contribution in [0.2, 0.25) is 0 Å². The number of rotatable bonds is 6. The highest BCUT2D eigenvalue weighted by Crippen LogP contribution is 2.11. The van der Waals surface area contributed by atoms with Crippen LogP contribution >= 0.6 is 0 Å². The zero-order valence-electron chi connectivity index (χ0n) is 11.1. The predicted molar refractivity (Wildman–Crippen MR) is 69.6 cm³/mol. The molecule has 4 nitrogen and oxygen atoms in total. The van der Waals surface area contributed by atoms with Gasteiger partial charge in [0.15, 0.2) is 0 Å². The van der Waals surface area contributed by atoms with Crippen molar-refractivity contribution in [3.05, 3.63) is 35.1 Å². The van der Waals surface area contributed by atoms with Crippen molar-refractivity contribution >= 4 is 11.9 Å². The van der Waals surface area contributed by atoms with Gasteiger partial charge in [0.2, 0.25) is 0 Å². The van der Waals surface area contributed by atoms with Crippen LogP contribution in [-0.2, 0) is 4.79 Å². The summed E-state index contributed by atoms with van der Waals surface area (Å²) in [6.07, 6.45) is 1.96. The molecule has 1 atom stereocenters. The highest BCUT2D eigenvalue weighted by atomic mass is 19.1. The first-order valence-electron chi connectivity index (χ1n) is 6.25. The van der Waals surface area contributed by atoms with Crippen LogP contribution in [-0.4, -0.2) is 23.0 Å². The minimum absolute atomic E-state index is 0.296. The topological polar surface area (TPSA) is 66.4 Å². The molecule has 0 bridgehead atoms. The first kappa shape index (κ1) is 15.1. The van der Waals surface area contributed by atoms with E-state index >= 15 is 0 Å². The Kier molecular flexibility index (Phi) is 5.48. The van der Waals surface area contributed by atoms with E-state index in [0.717, 1.165) is 12.8 Å². The summed E-state index contributed by atoms with van der Waals surface area (Å²) in [6, 6.07) is 2.89. The Hall–Kier alpha value is -1.91. The highest BCUT2D eigenvalue weighted by Gasteiger charge is 2.20. The van der Waals surface area contributed by atoms with E-state index in [0.29, 0.717) is 17.5 Å². The SMILES string of the molecule is CCCC[C@H](NC(=O)c1ccc(F)cc1C)C(=O)O. The van der Waals surface area contributed by atoms with Gasteiger partial charge in [-0.05, 0) is 37.1 Å². The first-order valence-corrected chi connectivity index (χ1v) is 6.25. The normalized spacial score (nSPS) is 11.9. The van der Waals surface area contributed by atoms with Crippen molar-refractivity contribution in [2.24, 2.45) is 0 Å². The van der Waals surface area contributed by atoms with E-state index in [4.69, 9.17) is 5.11 Å². The number of carboxylic acids is 1. The zero-order valence-corrected chi connectivity index (χ0v) is 11.1. The Morgan fingerprint density at radius 1 is 1.42 bits per heavy atom. The zero-order chi connectivity index (χ0) is 14.4. The summed E-state index contributed by atoms with van der Waals surface area (Å²) in [5.41, 5.74) is 0.779. The van der Waals surface area contributed by atoms with Gasteiger partial charge in [0.05, 0.1) is 0 Å². The lowest BCUT2D eigenvalue weighted by atomic mass is 10.1. The number of hydrogen-bond donors (Lipinski definition) is 2. The van der Waals surface area contributed by atoms with Crippen molar-refractivity contribution in [2.75, 3.05) is 0 Å². The van der Waals surface area contributed by atoms with E-state index in [1.807, 2.05) is 6.92 Å². The second kappa shape index (κ2) is 6.87. The number of carbonyl (C=O) groups excluding carboxylic acids is 1. The number of carboxylic acid groups (broad SMARTS) is 1. The summed E-state index contributed by atoms with van der Waals surface area (Å²) >= 11 is 0. The fourth-order valence-electron chi connectivity index (χ4n) is 1.78. The Labute approximate surface area is 111 Å². The smallest absolute Gasteiger partial charge is 0.326 e. The average Bonchev–Trinajstić information content (AvgIpc) is 2.33. The summed E-state index contributed by atoms with van der Waals surface area (Å²) in [5, 5.41) is 11.5. The molecule has 0 heterocycles. The van der Waals surface area contributed by atoms with Gasteiger partial charge in [-0.2, -0.15) is 0 Å².